The van der Waals surface area contributed by atoms with Gasteiger partial charge in [0.1, 0.15) is 5.92 Å². The van der Waals surface area contributed by atoms with E-state index in [9.17, 15) is 9.59 Å². The number of carbonyl (C=O) groups excluding carboxylic acids is 2. The smallest absolute Gasteiger partial charge is 0.312 e. The normalized spacial score (nSPS) is 41.9. The lowest BCUT2D eigenvalue weighted by Gasteiger charge is -2.35. The van der Waals surface area contributed by atoms with E-state index in [0.717, 1.165) is 18.4 Å². The molecule has 1 saturated carbocycles. The molecule has 2 bridgehead atoms. The van der Waals surface area contributed by atoms with Gasteiger partial charge in [-0.3, -0.25) is 9.59 Å². The summed E-state index contributed by atoms with van der Waals surface area (Å²) in [6, 6.07) is 0. The van der Waals surface area contributed by atoms with Crippen LogP contribution in [0, 0.1) is 29.1 Å². The van der Waals surface area contributed by atoms with Crippen LogP contribution in [-0.2, 0) is 23.8 Å². The van der Waals surface area contributed by atoms with Gasteiger partial charge in [0.05, 0.1) is 32.3 Å². The first kappa shape index (κ1) is 15.5. The zero-order valence-corrected chi connectivity index (χ0v) is 13.6. The number of hydrogen-bond acceptors (Lipinski definition) is 5. The molecule has 0 aromatic carbocycles. The lowest BCUT2D eigenvalue weighted by molar-refractivity contribution is -0.157. The zero-order valence-electron chi connectivity index (χ0n) is 13.6. The third-order valence-electron chi connectivity index (χ3n) is 5.66. The molecule has 0 aromatic rings. The summed E-state index contributed by atoms with van der Waals surface area (Å²) in [4.78, 5) is 24.5. The molecule has 2 heterocycles. The second kappa shape index (κ2) is 5.08. The summed E-state index contributed by atoms with van der Waals surface area (Å²) in [7, 11) is 2.69. The van der Waals surface area contributed by atoms with Crippen molar-refractivity contribution in [1.29, 1.82) is 0 Å². The van der Waals surface area contributed by atoms with Gasteiger partial charge in [-0.2, -0.15) is 0 Å². The Morgan fingerprint density at radius 2 is 1.73 bits per heavy atom. The van der Waals surface area contributed by atoms with Crippen molar-refractivity contribution >= 4 is 11.9 Å². The first-order chi connectivity index (χ1) is 10.3. The van der Waals surface area contributed by atoms with Crippen LogP contribution in [0.5, 0.6) is 0 Å². The van der Waals surface area contributed by atoms with Crippen LogP contribution in [0.3, 0.4) is 0 Å². The minimum Gasteiger partial charge on any atom is -0.469 e. The van der Waals surface area contributed by atoms with Crippen molar-refractivity contribution in [3.8, 4) is 0 Å². The van der Waals surface area contributed by atoms with Crippen LogP contribution in [0.15, 0.2) is 12.2 Å². The van der Waals surface area contributed by atoms with E-state index in [1.54, 1.807) is 0 Å². The third-order valence-corrected chi connectivity index (χ3v) is 5.66. The summed E-state index contributed by atoms with van der Waals surface area (Å²) in [6.45, 7) is 8.67. The standard InChI is InChI=1S/C17H24O5/c1-8-9-6-17(2,3)7-10(9)14-12(16(19)21-5)11(13(8)22-14)15(18)20-4/h9-14H,1,6-7H2,2-5H3/t9-,10-,11+,12-,13-,14+/m1/s1. The van der Waals surface area contributed by atoms with Gasteiger partial charge in [-0.1, -0.05) is 20.4 Å². The molecular formula is C17H24O5. The average Bonchev–Trinajstić information content (AvgIpc) is 3.00. The van der Waals surface area contributed by atoms with Crippen molar-refractivity contribution in [1.82, 2.24) is 0 Å². The molecule has 0 radical (unpaired) electrons. The highest BCUT2D eigenvalue weighted by Gasteiger charge is 2.63. The Morgan fingerprint density at radius 3 is 2.32 bits per heavy atom. The zero-order chi connectivity index (χ0) is 16.2. The molecule has 122 valence electrons. The van der Waals surface area contributed by atoms with E-state index in [4.69, 9.17) is 14.2 Å². The van der Waals surface area contributed by atoms with E-state index in [1.807, 2.05) is 0 Å². The maximum atomic E-state index is 12.3. The predicted molar refractivity (Wildman–Crippen MR) is 78.8 cm³/mol. The van der Waals surface area contributed by atoms with Gasteiger partial charge in [0.15, 0.2) is 0 Å². The molecule has 3 fully saturated rings. The topological polar surface area (TPSA) is 61.8 Å². The number of methoxy groups -OCH3 is 2. The molecule has 5 nitrogen and oxygen atoms in total. The van der Waals surface area contributed by atoms with Gasteiger partial charge in [-0.05, 0) is 35.7 Å². The molecule has 0 unspecified atom stereocenters. The molecule has 2 saturated heterocycles. The van der Waals surface area contributed by atoms with Crippen molar-refractivity contribution in [2.45, 2.75) is 38.9 Å². The van der Waals surface area contributed by atoms with Crippen molar-refractivity contribution in [2.24, 2.45) is 29.1 Å². The van der Waals surface area contributed by atoms with Gasteiger partial charge in [0, 0.05) is 0 Å². The van der Waals surface area contributed by atoms with Gasteiger partial charge >= 0.3 is 11.9 Å². The van der Waals surface area contributed by atoms with E-state index >= 15 is 0 Å². The number of rotatable bonds is 2. The van der Waals surface area contributed by atoms with Gasteiger partial charge in [-0.15, -0.1) is 0 Å². The monoisotopic (exact) mass is 308 g/mol. The van der Waals surface area contributed by atoms with Gasteiger partial charge in [0.2, 0.25) is 0 Å². The van der Waals surface area contributed by atoms with Crippen LogP contribution < -0.4 is 0 Å². The number of ether oxygens (including phenoxy) is 3. The lowest BCUT2D eigenvalue weighted by atomic mass is 9.81. The Labute approximate surface area is 131 Å². The van der Waals surface area contributed by atoms with E-state index in [0.29, 0.717) is 5.92 Å². The molecule has 0 spiro atoms. The molecule has 6 atom stereocenters. The predicted octanol–water partition coefficient (Wildman–Crippen LogP) is 1.95. The maximum absolute atomic E-state index is 12.3. The van der Waals surface area contributed by atoms with Crippen LogP contribution in [0.2, 0.25) is 0 Å². The minimum absolute atomic E-state index is 0.202. The van der Waals surface area contributed by atoms with E-state index in [-0.39, 0.29) is 23.4 Å². The summed E-state index contributed by atoms with van der Waals surface area (Å²) < 4.78 is 15.9. The molecule has 0 amide bonds. The molecule has 3 rings (SSSR count). The Bertz CT molecular complexity index is 523. The average molecular weight is 308 g/mol. The SMILES string of the molecule is C=C1[C@H]2CC(C)(C)C[C@H]2[C@@H]2O[C@H]1[C@@H](C(=O)OC)[C@H]2C(=O)OC. The summed E-state index contributed by atoms with van der Waals surface area (Å²) in [6.07, 6.45) is 1.28. The Balaban J connectivity index is 2.00. The fourth-order valence-electron chi connectivity index (χ4n) is 4.81. The van der Waals surface area contributed by atoms with Crippen molar-refractivity contribution < 1.29 is 23.8 Å². The highest BCUT2D eigenvalue weighted by Crippen LogP contribution is 2.59. The fraction of sp³-hybridized carbons (Fsp3) is 0.765. The first-order valence-corrected chi connectivity index (χ1v) is 7.80. The number of hydrogen-bond donors (Lipinski definition) is 0. The van der Waals surface area contributed by atoms with Gasteiger partial charge in [-0.25, -0.2) is 0 Å². The van der Waals surface area contributed by atoms with Gasteiger partial charge in [0.25, 0.3) is 0 Å². The van der Waals surface area contributed by atoms with Crippen molar-refractivity contribution in [3.05, 3.63) is 12.2 Å². The van der Waals surface area contributed by atoms with Crippen LogP contribution in [0.1, 0.15) is 26.7 Å². The van der Waals surface area contributed by atoms with Gasteiger partial charge < -0.3 is 14.2 Å². The van der Waals surface area contributed by atoms with E-state index in [1.165, 1.54) is 14.2 Å². The molecule has 2 aliphatic heterocycles. The number of carbonyl (C=O) groups is 2. The van der Waals surface area contributed by atoms with Crippen LogP contribution >= 0.6 is 0 Å². The van der Waals surface area contributed by atoms with E-state index < -0.39 is 23.9 Å². The first-order valence-electron chi connectivity index (χ1n) is 7.80. The van der Waals surface area contributed by atoms with Crippen LogP contribution in [0.4, 0.5) is 0 Å². The highest BCUT2D eigenvalue weighted by atomic mass is 16.6. The summed E-state index contributed by atoms with van der Waals surface area (Å²) >= 11 is 0. The van der Waals surface area contributed by atoms with Crippen LogP contribution in [0.25, 0.3) is 0 Å². The summed E-state index contributed by atoms with van der Waals surface area (Å²) in [5, 5.41) is 0. The molecule has 3 aliphatic rings. The van der Waals surface area contributed by atoms with Crippen molar-refractivity contribution in [3.63, 3.8) is 0 Å². The molecule has 5 heteroatoms. The summed E-state index contributed by atoms with van der Waals surface area (Å²) in [5.41, 5.74) is 1.14. The number of fused-ring (bicyclic) bond motifs is 4. The quantitative estimate of drug-likeness (QED) is 0.576. The second-order valence-corrected chi connectivity index (χ2v) is 7.54. The molecule has 22 heavy (non-hydrogen) atoms. The summed E-state index contributed by atoms with van der Waals surface area (Å²) in [5.74, 6) is -1.51. The molecule has 0 N–H and O–H groups in total. The molecular weight excluding hydrogens is 284 g/mol. The second-order valence-electron chi connectivity index (χ2n) is 7.54. The maximum Gasteiger partial charge on any atom is 0.312 e. The lowest BCUT2D eigenvalue weighted by Crippen LogP contribution is -2.38. The Morgan fingerprint density at radius 1 is 1.14 bits per heavy atom. The molecule has 0 aromatic heterocycles. The Hall–Kier alpha value is -1.36. The van der Waals surface area contributed by atoms with E-state index in [2.05, 4.69) is 20.4 Å². The number of esters is 2. The van der Waals surface area contributed by atoms with Crippen molar-refractivity contribution in [2.75, 3.05) is 14.2 Å². The highest BCUT2D eigenvalue weighted by molar-refractivity contribution is 5.84. The van der Waals surface area contributed by atoms with Crippen LogP contribution in [-0.4, -0.2) is 38.4 Å². The minimum atomic E-state index is -0.635. The Kier molecular flexibility index (Phi) is 3.59. The fourth-order valence-corrected chi connectivity index (χ4v) is 4.81. The third kappa shape index (κ3) is 2.09. The largest absolute Gasteiger partial charge is 0.469 e. The molecule has 1 aliphatic carbocycles.